The number of hydrogen-bond acceptors (Lipinski definition) is 5. The summed E-state index contributed by atoms with van der Waals surface area (Å²) in [6.07, 6.45) is 1.87. The first-order valence-electron chi connectivity index (χ1n) is 14.9. The molecule has 5 rings (SSSR count). The number of aromatic nitrogens is 1. The Morgan fingerprint density at radius 2 is 1.67 bits per heavy atom. The number of urea groups is 1. The van der Waals surface area contributed by atoms with Crippen LogP contribution in [0, 0.1) is 5.82 Å². The first-order valence-corrected chi connectivity index (χ1v) is 14.9. The molecule has 4 aromatic rings. The molecule has 0 spiro atoms. The minimum absolute atomic E-state index is 0.217. The molecule has 1 aliphatic rings. The Morgan fingerprint density at radius 3 is 2.36 bits per heavy atom. The van der Waals surface area contributed by atoms with Crippen molar-refractivity contribution in [3.63, 3.8) is 0 Å². The van der Waals surface area contributed by atoms with E-state index in [1.807, 2.05) is 74.6 Å². The third-order valence-electron chi connectivity index (χ3n) is 8.14. The molecule has 236 valence electrons. The third-order valence-corrected chi connectivity index (χ3v) is 8.14. The van der Waals surface area contributed by atoms with E-state index in [4.69, 9.17) is 4.74 Å². The molecule has 1 aromatic heterocycles. The van der Waals surface area contributed by atoms with Gasteiger partial charge in [-0.15, -0.1) is 0 Å². The van der Waals surface area contributed by atoms with E-state index in [0.717, 1.165) is 22.0 Å². The number of para-hydroxylation sites is 1. The summed E-state index contributed by atoms with van der Waals surface area (Å²) in [5, 5.41) is 6.97. The Hall–Kier alpha value is -4.90. The zero-order valence-electron chi connectivity index (χ0n) is 26.0. The molecule has 0 aliphatic carbocycles. The fraction of sp³-hybridized carbons (Fsp3) is 0.324. The summed E-state index contributed by atoms with van der Waals surface area (Å²) in [6, 6.07) is 17.6. The van der Waals surface area contributed by atoms with Crippen molar-refractivity contribution in [2.75, 3.05) is 52.7 Å². The molecule has 0 bridgehead atoms. The van der Waals surface area contributed by atoms with Gasteiger partial charge >= 0.3 is 6.03 Å². The third kappa shape index (κ3) is 7.26. The number of piperazine rings is 1. The molecule has 0 saturated carbocycles. The van der Waals surface area contributed by atoms with Crippen LogP contribution >= 0.6 is 0 Å². The molecule has 11 heteroatoms. The summed E-state index contributed by atoms with van der Waals surface area (Å²) < 4.78 is 18.9. The second-order valence-corrected chi connectivity index (χ2v) is 11.6. The van der Waals surface area contributed by atoms with Crippen molar-refractivity contribution >= 4 is 34.4 Å². The lowest BCUT2D eigenvalue weighted by atomic mass is 9.92. The van der Waals surface area contributed by atoms with Gasteiger partial charge in [-0.1, -0.05) is 31.2 Å². The number of H-pyrrole nitrogens is 1. The van der Waals surface area contributed by atoms with Gasteiger partial charge in [-0.3, -0.25) is 9.59 Å². The average Bonchev–Trinajstić information content (AvgIpc) is 3.47. The van der Waals surface area contributed by atoms with Gasteiger partial charge < -0.3 is 35.1 Å². The number of carbonyl (C=O) groups is 3. The van der Waals surface area contributed by atoms with Crippen molar-refractivity contribution in [1.82, 2.24) is 25.0 Å². The molecule has 3 aromatic carbocycles. The molecule has 4 amide bonds. The number of aromatic amines is 1. The maximum atomic E-state index is 14.0. The number of rotatable bonds is 9. The van der Waals surface area contributed by atoms with Crippen molar-refractivity contribution < 1.29 is 23.5 Å². The van der Waals surface area contributed by atoms with Crippen LogP contribution < -0.4 is 15.4 Å². The van der Waals surface area contributed by atoms with Crippen LogP contribution in [0.2, 0.25) is 0 Å². The summed E-state index contributed by atoms with van der Waals surface area (Å²) in [7, 11) is 5.48. The van der Waals surface area contributed by atoms with E-state index in [2.05, 4.69) is 15.6 Å². The number of halogens is 1. The predicted molar refractivity (Wildman–Crippen MR) is 172 cm³/mol. The first kappa shape index (κ1) is 31.5. The molecule has 1 saturated heterocycles. The molecular weight excluding hydrogens is 575 g/mol. The molecule has 45 heavy (non-hydrogen) atoms. The standard InChI is InChI=1S/C34H39FN6O4/c1-22(27-20-36-28-8-6-5-7-26(27)28)31(32(42)37-29-19-23(21-39(2)3)9-14-30(29)45-4)38-34(44)41-17-15-40(16-18-41)33(43)24-10-12-25(35)13-11-24/h5-14,19-20,22,31,36H,15-18,21H2,1-4H3,(H,37,42)(H,38,44)/t22-,31+/m0/s1. The summed E-state index contributed by atoms with van der Waals surface area (Å²) in [4.78, 5) is 49.1. The number of ether oxygens (including phenoxy) is 1. The topological polar surface area (TPSA) is 110 Å². The normalized spacial score (nSPS) is 14.7. The van der Waals surface area contributed by atoms with Gasteiger partial charge in [0.15, 0.2) is 0 Å². The van der Waals surface area contributed by atoms with E-state index in [-0.39, 0.29) is 24.9 Å². The number of benzene rings is 3. The second kappa shape index (κ2) is 13.8. The van der Waals surface area contributed by atoms with E-state index >= 15 is 0 Å². The molecule has 0 unspecified atom stereocenters. The molecule has 10 nitrogen and oxygen atoms in total. The van der Waals surface area contributed by atoms with Crippen LogP contribution in [0.15, 0.2) is 72.9 Å². The lowest BCUT2D eigenvalue weighted by molar-refractivity contribution is -0.118. The molecule has 2 heterocycles. The molecule has 2 atom stereocenters. The number of amides is 4. The van der Waals surface area contributed by atoms with Gasteiger partial charge in [0, 0.05) is 61.3 Å². The summed E-state index contributed by atoms with van der Waals surface area (Å²) in [6.45, 7) is 3.79. The lowest BCUT2D eigenvalue weighted by Crippen LogP contribution is -2.57. The van der Waals surface area contributed by atoms with Gasteiger partial charge in [-0.2, -0.15) is 0 Å². The Labute approximate surface area is 262 Å². The van der Waals surface area contributed by atoms with E-state index in [9.17, 15) is 18.8 Å². The molecule has 1 fully saturated rings. The first-order chi connectivity index (χ1) is 21.6. The molecular formula is C34H39FN6O4. The summed E-state index contributed by atoms with van der Waals surface area (Å²) in [5.41, 5.74) is 3.73. The number of nitrogens with zero attached hydrogens (tertiary/aromatic N) is 3. The van der Waals surface area contributed by atoms with Crippen molar-refractivity contribution in [2.45, 2.75) is 25.4 Å². The minimum Gasteiger partial charge on any atom is -0.495 e. The van der Waals surface area contributed by atoms with Gasteiger partial charge in [-0.25, -0.2) is 9.18 Å². The van der Waals surface area contributed by atoms with E-state index < -0.39 is 23.8 Å². The van der Waals surface area contributed by atoms with Gasteiger partial charge in [0.2, 0.25) is 5.91 Å². The van der Waals surface area contributed by atoms with Gasteiger partial charge in [0.1, 0.15) is 17.6 Å². The highest BCUT2D eigenvalue weighted by molar-refractivity contribution is 5.99. The quantitative estimate of drug-likeness (QED) is 0.254. The zero-order chi connectivity index (χ0) is 32.1. The van der Waals surface area contributed by atoms with Gasteiger partial charge in [0.25, 0.3) is 5.91 Å². The van der Waals surface area contributed by atoms with Crippen molar-refractivity contribution in [1.29, 1.82) is 0 Å². The van der Waals surface area contributed by atoms with Crippen LogP contribution in [0.3, 0.4) is 0 Å². The number of hydrogen-bond donors (Lipinski definition) is 3. The predicted octanol–water partition coefficient (Wildman–Crippen LogP) is 4.66. The van der Waals surface area contributed by atoms with Crippen molar-refractivity contribution in [3.8, 4) is 5.75 Å². The largest absolute Gasteiger partial charge is 0.495 e. The fourth-order valence-electron chi connectivity index (χ4n) is 5.71. The number of carbonyl (C=O) groups excluding carboxylic acids is 3. The Kier molecular flexibility index (Phi) is 9.68. The van der Waals surface area contributed by atoms with Crippen LogP contribution in [-0.2, 0) is 11.3 Å². The smallest absolute Gasteiger partial charge is 0.318 e. The summed E-state index contributed by atoms with van der Waals surface area (Å²) in [5.74, 6) is -0.898. The zero-order valence-corrected chi connectivity index (χ0v) is 26.0. The van der Waals surface area contributed by atoms with E-state index in [0.29, 0.717) is 36.6 Å². The number of methoxy groups -OCH3 is 1. The monoisotopic (exact) mass is 614 g/mol. The van der Waals surface area contributed by atoms with E-state index in [1.165, 1.54) is 24.3 Å². The summed E-state index contributed by atoms with van der Waals surface area (Å²) >= 11 is 0. The van der Waals surface area contributed by atoms with Crippen LogP contribution in [0.5, 0.6) is 5.75 Å². The Bertz CT molecular complexity index is 1660. The van der Waals surface area contributed by atoms with Crippen LogP contribution in [0.25, 0.3) is 10.9 Å². The Balaban J connectivity index is 1.35. The van der Waals surface area contributed by atoms with Crippen LogP contribution in [-0.4, -0.2) is 91.0 Å². The highest BCUT2D eigenvalue weighted by atomic mass is 19.1. The molecule has 0 radical (unpaired) electrons. The number of anilines is 1. The van der Waals surface area contributed by atoms with Gasteiger partial charge in [-0.05, 0) is 67.7 Å². The lowest BCUT2D eigenvalue weighted by Gasteiger charge is -2.36. The maximum absolute atomic E-state index is 14.0. The SMILES string of the molecule is COc1ccc(CN(C)C)cc1NC(=O)[C@H](NC(=O)N1CCN(C(=O)c2ccc(F)cc2)CC1)[C@@H](C)c1c[nH]c2ccccc12. The molecule has 1 aliphatic heterocycles. The highest BCUT2D eigenvalue weighted by Gasteiger charge is 2.33. The van der Waals surface area contributed by atoms with Gasteiger partial charge in [0.05, 0.1) is 12.8 Å². The minimum atomic E-state index is -0.933. The number of fused-ring (bicyclic) bond motifs is 1. The van der Waals surface area contributed by atoms with Crippen molar-refractivity contribution in [3.05, 3.63) is 95.4 Å². The molecule has 3 N–H and O–H groups in total. The maximum Gasteiger partial charge on any atom is 0.318 e. The number of nitrogens with one attached hydrogen (secondary N) is 3. The van der Waals surface area contributed by atoms with Crippen molar-refractivity contribution in [2.24, 2.45) is 0 Å². The highest BCUT2D eigenvalue weighted by Crippen LogP contribution is 2.30. The second-order valence-electron chi connectivity index (χ2n) is 11.6. The average molecular weight is 615 g/mol. The van der Waals surface area contributed by atoms with Crippen LogP contribution in [0.4, 0.5) is 14.9 Å². The van der Waals surface area contributed by atoms with E-state index in [1.54, 1.807) is 16.9 Å². The Morgan fingerprint density at radius 1 is 0.978 bits per heavy atom. The fourth-order valence-corrected chi connectivity index (χ4v) is 5.71. The van der Waals surface area contributed by atoms with Crippen LogP contribution in [0.1, 0.15) is 34.3 Å².